The highest BCUT2D eigenvalue weighted by molar-refractivity contribution is 5.59. The molecule has 1 heterocycles. The lowest BCUT2D eigenvalue weighted by molar-refractivity contribution is 0.234. The van der Waals surface area contributed by atoms with Crippen LogP contribution in [-0.2, 0) is 11.3 Å². The summed E-state index contributed by atoms with van der Waals surface area (Å²) in [6.45, 7) is 0.659. The average molecular weight is 147 g/mol. The minimum absolute atomic E-state index is 0.659. The topological polar surface area (TPSA) is 35.2 Å². The number of anilines is 1. The van der Waals surface area contributed by atoms with Crippen molar-refractivity contribution in [3.05, 3.63) is 35.6 Å². The predicted molar refractivity (Wildman–Crippen MR) is 44.7 cm³/mol. The molecule has 0 saturated carbocycles. The van der Waals surface area contributed by atoms with Crippen LogP contribution in [0, 0.1) is 0 Å². The van der Waals surface area contributed by atoms with Gasteiger partial charge in [-0.2, -0.15) is 0 Å². The Balaban J connectivity index is 2.54. The molecule has 2 heteroatoms. The number of benzene rings is 1. The zero-order chi connectivity index (χ0) is 7.68. The molecule has 1 aliphatic heterocycles. The van der Waals surface area contributed by atoms with E-state index in [1.807, 2.05) is 24.3 Å². The van der Waals surface area contributed by atoms with Crippen molar-refractivity contribution in [1.82, 2.24) is 0 Å². The van der Waals surface area contributed by atoms with Gasteiger partial charge in [0.15, 0.2) is 0 Å². The standard InChI is InChI=1S/C9H9NO/c10-9-2-1-8-6-11-4-3-7(8)5-9/h1-5H,6,10H2. The molecule has 0 amide bonds. The number of nitrogen functional groups attached to an aromatic ring is 1. The molecular weight excluding hydrogens is 138 g/mol. The van der Waals surface area contributed by atoms with E-state index in [0.29, 0.717) is 6.61 Å². The van der Waals surface area contributed by atoms with Gasteiger partial charge in [-0.1, -0.05) is 6.07 Å². The first-order chi connectivity index (χ1) is 5.36. The van der Waals surface area contributed by atoms with Crippen LogP contribution in [-0.4, -0.2) is 0 Å². The van der Waals surface area contributed by atoms with Crippen molar-refractivity contribution in [2.45, 2.75) is 6.61 Å². The van der Waals surface area contributed by atoms with E-state index in [1.54, 1.807) is 6.26 Å². The first-order valence-corrected chi connectivity index (χ1v) is 3.53. The molecule has 2 rings (SSSR count). The maximum absolute atomic E-state index is 5.61. The zero-order valence-electron chi connectivity index (χ0n) is 6.08. The van der Waals surface area contributed by atoms with Crippen LogP contribution in [0.2, 0.25) is 0 Å². The molecule has 0 spiro atoms. The van der Waals surface area contributed by atoms with Crippen LogP contribution in [0.3, 0.4) is 0 Å². The van der Waals surface area contributed by atoms with Crippen molar-refractivity contribution in [2.75, 3.05) is 5.73 Å². The first kappa shape index (κ1) is 6.28. The van der Waals surface area contributed by atoms with Gasteiger partial charge in [-0.05, 0) is 29.3 Å². The summed E-state index contributed by atoms with van der Waals surface area (Å²) in [5, 5.41) is 0. The summed E-state index contributed by atoms with van der Waals surface area (Å²) in [5.74, 6) is 0. The Hall–Kier alpha value is -1.44. The highest BCUT2D eigenvalue weighted by Crippen LogP contribution is 2.19. The third-order valence-corrected chi connectivity index (χ3v) is 1.75. The maximum atomic E-state index is 5.61. The van der Waals surface area contributed by atoms with E-state index in [0.717, 1.165) is 11.3 Å². The van der Waals surface area contributed by atoms with E-state index >= 15 is 0 Å². The Morgan fingerprint density at radius 3 is 3.18 bits per heavy atom. The highest BCUT2D eigenvalue weighted by atomic mass is 16.5. The minimum Gasteiger partial charge on any atom is -0.496 e. The molecule has 11 heavy (non-hydrogen) atoms. The van der Waals surface area contributed by atoms with Gasteiger partial charge in [-0.3, -0.25) is 0 Å². The fraction of sp³-hybridized carbons (Fsp3) is 0.111. The molecule has 0 aliphatic carbocycles. The van der Waals surface area contributed by atoms with Crippen LogP contribution in [0.1, 0.15) is 11.1 Å². The summed E-state index contributed by atoms with van der Waals surface area (Å²) in [4.78, 5) is 0. The van der Waals surface area contributed by atoms with Gasteiger partial charge >= 0.3 is 0 Å². The van der Waals surface area contributed by atoms with E-state index in [9.17, 15) is 0 Å². The number of fused-ring (bicyclic) bond motifs is 1. The molecule has 1 aliphatic rings. The molecule has 2 N–H and O–H groups in total. The molecule has 0 fully saturated rings. The number of rotatable bonds is 0. The average Bonchev–Trinajstić information content (AvgIpc) is 2.04. The van der Waals surface area contributed by atoms with E-state index in [-0.39, 0.29) is 0 Å². The van der Waals surface area contributed by atoms with Crippen LogP contribution in [0.25, 0.3) is 6.08 Å². The van der Waals surface area contributed by atoms with E-state index < -0.39 is 0 Å². The lowest BCUT2D eigenvalue weighted by atomic mass is 10.1. The van der Waals surface area contributed by atoms with Crippen LogP contribution in [0.5, 0.6) is 0 Å². The van der Waals surface area contributed by atoms with Crippen LogP contribution in [0.4, 0.5) is 5.69 Å². The van der Waals surface area contributed by atoms with Crippen molar-refractivity contribution in [3.8, 4) is 0 Å². The SMILES string of the molecule is Nc1ccc2c(c1)C=COC2. The van der Waals surface area contributed by atoms with Gasteiger partial charge in [-0.25, -0.2) is 0 Å². The van der Waals surface area contributed by atoms with E-state index in [1.165, 1.54) is 5.56 Å². The molecule has 0 unspecified atom stereocenters. The van der Waals surface area contributed by atoms with Crippen molar-refractivity contribution in [3.63, 3.8) is 0 Å². The third-order valence-electron chi connectivity index (χ3n) is 1.75. The summed E-state index contributed by atoms with van der Waals surface area (Å²) < 4.78 is 5.11. The van der Waals surface area contributed by atoms with Crippen LogP contribution < -0.4 is 5.73 Å². The highest BCUT2D eigenvalue weighted by Gasteiger charge is 2.03. The number of ether oxygens (including phenoxy) is 1. The second-order valence-electron chi connectivity index (χ2n) is 2.57. The number of hydrogen-bond donors (Lipinski definition) is 1. The molecule has 0 saturated heterocycles. The maximum Gasteiger partial charge on any atom is 0.113 e. The van der Waals surface area contributed by atoms with Gasteiger partial charge < -0.3 is 10.5 Å². The van der Waals surface area contributed by atoms with Gasteiger partial charge in [0.05, 0.1) is 6.26 Å². The van der Waals surface area contributed by atoms with Crippen molar-refractivity contribution in [2.24, 2.45) is 0 Å². The van der Waals surface area contributed by atoms with Crippen molar-refractivity contribution >= 4 is 11.8 Å². The molecule has 0 radical (unpaired) electrons. The largest absolute Gasteiger partial charge is 0.496 e. The first-order valence-electron chi connectivity index (χ1n) is 3.53. The molecule has 0 bridgehead atoms. The second kappa shape index (κ2) is 2.31. The fourth-order valence-corrected chi connectivity index (χ4v) is 1.16. The Kier molecular flexibility index (Phi) is 1.32. The normalized spacial score (nSPS) is 13.8. The third kappa shape index (κ3) is 1.07. The second-order valence-corrected chi connectivity index (χ2v) is 2.57. The van der Waals surface area contributed by atoms with Crippen molar-refractivity contribution < 1.29 is 4.74 Å². The van der Waals surface area contributed by atoms with E-state index in [2.05, 4.69) is 0 Å². The monoisotopic (exact) mass is 147 g/mol. The van der Waals surface area contributed by atoms with Crippen LogP contribution >= 0.6 is 0 Å². The quantitative estimate of drug-likeness (QED) is 0.567. The van der Waals surface area contributed by atoms with Crippen LogP contribution in [0.15, 0.2) is 24.5 Å². The summed E-state index contributed by atoms with van der Waals surface area (Å²) in [7, 11) is 0. The van der Waals surface area contributed by atoms with Gasteiger partial charge in [0.25, 0.3) is 0 Å². The van der Waals surface area contributed by atoms with Gasteiger partial charge in [0.1, 0.15) is 6.61 Å². The summed E-state index contributed by atoms with van der Waals surface area (Å²) in [6, 6.07) is 5.84. The Labute approximate surface area is 65.3 Å². The molecule has 1 aromatic rings. The van der Waals surface area contributed by atoms with Gasteiger partial charge in [0.2, 0.25) is 0 Å². The minimum atomic E-state index is 0.659. The summed E-state index contributed by atoms with van der Waals surface area (Å²) in [5.41, 5.74) is 8.77. The fourth-order valence-electron chi connectivity index (χ4n) is 1.16. The molecule has 1 aromatic carbocycles. The zero-order valence-corrected chi connectivity index (χ0v) is 6.08. The smallest absolute Gasteiger partial charge is 0.113 e. The molecular formula is C9H9NO. The predicted octanol–water partition coefficient (Wildman–Crippen LogP) is 1.77. The molecule has 0 atom stereocenters. The lowest BCUT2D eigenvalue weighted by Gasteiger charge is -2.11. The molecule has 2 nitrogen and oxygen atoms in total. The van der Waals surface area contributed by atoms with Gasteiger partial charge in [0, 0.05) is 5.69 Å². The van der Waals surface area contributed by atoms with Crippen molar-refractivity contribution in [1.29, 1.82) is 0 Å². The van der Waals surface area contributed by atoms with Gasteiger partial charge in [-0.15, -0.1) is 0 Å². The summed E-state index contributed by atoms with van der Waals surface area (Å²) >= 11 is 0. The lowest BCUT2D eigenvalue weighted by Crippen LogP contribution is -1.97. The number of hydrogen-bond acceptors (Lipinski definition) is 2. The number of nitrogens with two attached hydrogens (primary N) is 1. The molecule has 56 valence electrons. The van der Waals surface area contributed by atoms with E-state index in [4.69, 9.17) is 10.5 Å². The Morgan fingerprint density at radius 1 is 1.36 bits per heavy atom. The Morgan fingerprint density at radius 2 is 2.27 bits per heavy atom. The molecule has 0 aromatic heterocycles. The summed E-state index contributed by atoms with van der Waals surface area (Å²) in [6.07, 6.45) is 3.62. The Bertz CT molecular complexity index is 304.